The van der Waals surface area contributed by atoms with Crippen LogP contribution in [0.25, 0.3) is 0 Å². The molecule has 1 heterocycles. The first-order valence-electron chi connectivity index (χ1n) is 15.3. The van der Waals surface area contributed by atoms with Crippen LogP contribution in [0.5, 0.6) is 0 Å². The van der Waals surface area contributed by atoms with Crippen LogP contribution in [0, 0.1) is 23.2 Å². The number of ketones is 1. The molecule has 1 aliphatic heterocycles. The molecule has 1 unspecified atom stereocenters. The van der Waals surface area contributed by atoms with Gasteiger partial charge in [0.2, 0.25) is 0 Å². The number of alkyl halides is 5. The average Bonchev–Trinajstić information content (AvgIpc) is 3.27. The van der Waals surface area contributed by atoms with Crippen LogP contribution in [0.15, 0.2) is 47.1 Å². The molecule has 4 aliphatic carbocycles. The maximum absolute atomic E-state index is 15.2. The summed E-state index contributed by atoms with van der Waals surface area (Å²) in [6.45, 7) is 1.99. The van der Waals surface area contributed by atoms with E-state index >= 15 is 8.78 Å². The number of benzene rings is 1. The fourth-order valence-corrected chi connectivity index (χ4v) is 9.08. The molecule has 2 saturated carbocycles. The lowest BCUT2D eigenvalue weighted by Gasteiger charge is -2.56. The van der Waals surface area contributed by atoms with Crippen molar-refractivity contribution in [3.63, 3.8) is 0 Å². The summed E-state index contributed by atoms with van der Waals surface area (Å²) in [6.07, 6.45) is -2.56. The molecule has 44 heavy (non-hydrogen) atoms. The Morgan fingerprint density at radius 1 is 0.955 bits per heavy atom. The molecule has 3 fully saturated rings. The summed E-state index contributed by atoms with van der Waals surface area (Å²) in [5.74, 6) is -8.44. The second-order valence-corrected chi connectivity index (χ2v) is 13.5. The topological polar surface area (TPSA) is 94.9 Å². The maximum Gasteiger partial charge on any atom is 0.456 e. The Morgan fingerprint density at radius 3 is 2.23 bits per heavy atom. The number of likely N-dealkylation sites (tertiary alicyclic amines) is 1. The van der Waals surface area contributed by atoms with Crippen LogP contribution in [0.4, 0.5) is 22.0 Å². The molecule has 6 nitrogen and oxygen atoms in total. The van der Waals surface area contributed by atoms with Crippen LogP contribution >= 0.6 is 0 Å². The number of aliphatic carboxylic acids is 1. The Hall–Kier alpha value is -3.08. The zero-order valence-corrected chi connectivity index (χ0v) is 24.4. The molecule has 1 aromatic carbocycles. The van der Waals surface area contributed by atoms with Crippen LogP contribution < -0.4 is 0 Å². The van der Waals surface area contributed by atoms with E-state index in [0.717, 1.165) is 16.7 Å². The average molecular weight is 622 g/mol. The number of carboxylic acid groups (broad SMARTS) is 1. The molecule has 0 radical (unpaired) electrons. The summed E-state index contributed by atoms with van der Waals surface area (Å²) >= 11 is 0. The predicted octanol–water partition coefficient (Wildman–Crippen LogP) is 6.45. The van der Waals surface area contributed by atoms with E-state index in [2.05, 4.69) is 0 Å². The summed E-state index contributed by atoms with van der Waals surface area (Å²) in [4.78, 5) is 38.3. The first-order chi connectivity index (χ1) is 20.6. The third-order valence-corrected chi connectivity index (χ3v) is 11.5. The van der Waals surface area contributed by atoms with Gasteiger partial charge in [0, 0.05) is 36.4 Å². The molecule has 5 atom stereocenters. The molecule has 2 N–H and O–H groups in total. The van der Waals surface area contributed by atoms with Gasteiger partial charge in [0.15, 0.2) is 5.78 Å². The lowest BCUT2D eigenvalue weighted by atomic mass is 9.50. The highest BCUT2D eigenvalue weighted by Gasteiger charge is 2.79. The second-order valence-electron chi connectivity index (χ2n) is 13.5. The highest BCUT2D eigenvalue weighted by atomic mass is 19.4. The van der Waals surface area contributed by atoms with E-state index in [0.29, 0.717) is 62.7 Å². The monoisotopic (exact) mass is 621 g/mol. The Balaban J connectivity index is 1.38. The zero-order chi connectivity index (χ0) is 31.8. The van der Waals surface area contributed by atoms with Gasteiger partial charge >= 0.3 is 18.1 Å². The van der Waals surface area contributed by atoms with E-state index < -0.39 is 53.3 Å². The number of rotatable bonds is 4. The van der Waals surface area contributed by atoms with Crippen molar-refractivity contribution in [1.82, 2.24) is 4.90 Å². The van der Waals surface area contributed by atoms with Crippen LogP contribution in [0.1, 0.15) is 86.6 Å². The van der Waals surface area contributed by atoms with Crippen molar-refractivity contribution in [1.29, 1.82) is 0 Å². The lowest BCUT2D eigenvalue weighted by Crippen LogP contribution is -2.65. The van der Waals surface area contributed by atoms with E-state index in [9.17, 15) is 37.8 Å². The van der Waals surface area contributed by atoms with Crippen molar-refractivity contribution in [2.24, 2.45) is 23.2 Å². The number of fused-ring (bicyclic) bond motifs is 4. The van der Waals surface area contributed by atoms with Crippen molar-refractivity contribution in [2.75, 3.05) is 13.1 Å². The Labute approximate surface area is 252 Å². The Morgan fingerprint density at radius 2 is 1.61 bits per heavy atom. The van der Waals surface area contributed by atoms with Crippen LogP contribution in [0.2, 0.25) is 0 Å². The lowest BCUT2D eigenvalue weighted by molar-refractivity contribution is -0.362. The number of halogens is 5. The first kappa shape index (κ1) is 30.9. The van der Waals surface area contributed by atoms with E-state index in [1.54, 1.807) is 35.2 Å². The van der Waals surface area contributed by atoms with Gasteiger partial charge in [0.25, 0.3) is 5.91 Å². The number of carboxylic acids is 1. The van der Waals surface area contributed by atoms with Gasteiger partial charge in [-0.05, 0) is 98.1 Å². The Bertz CT molecular complexity index is 1440. The van der Waals surface area contributed by atoms with Gasteiger partial charge in [0.05, 0.1) is 5.92 Å². The summed E-state index contributed by atoms with van der Waals surface area (Å²) in [5, 5.41) is 20.7. The quantitative estimate of drug-likeness (QED) is 0.377. The van der Waals surface area contributed by atoms with Crippen molar-refractivity contribution in [2.45, 2.75) is 88.3 Å². The van der Waals surface area contributed by atoms with Gasteiger partial charge in [0.1, 0.15) is 5.60 Å². The fourth-order valence-electron chi connectivity index (χ4n) is 9.08. The van der Waals surface area contributed by atoms with Gasteiger partial charge in [-0.2, -0.15) is 22.0 Å². The third-order valence-electron chi connectivity index (χ3n) is 11.5. The minimum absolute atomic E-state index is 0.00955. The first-order valence-corrected chi connectivity index (χ1v) is 15.3. The van der Waals surface area contributed by atoms with Crippen LogP contribution in [0.3, 0.4) is 0 Å². The van der Waals surface area contributed by atoms with Gasteiger partial charge < -0.3 is 15.1 Å². The number of piperidine rings is 1. The van der Waals surface area contributed by atoms with Crippen molar-refractivity contribution in [3.8, 4) is 0 Å². The summed E-state index contributed by atoms with van der Waals surface area (Å²) in [5.41, 5.74) is -1.18. The van der Waals surface area contributed by atoms with E-state index in [1.807, 2.05) is 0 Å². The summed E-state index contributed by atoms with van der Waals surface area (Å²) < 4.78 is 71.7. The molecule has 1 saturated heterocycles. The normalized spacial score (nSPS) is 33.0. The second kappa shape index (κ2) is 10.5. The van der Waals surface area contributed by atoms with E-state index in [1.165, 1.54) is 6.92 Å². The van der Waals surface area contributed by atoms with Gasteiger partial charge in [-0.3, -0.25) is 14.4 Å². The molecule has 238 valence electrons. The fraction of sp³-hybridized carbons (Fsp3) is 0.606. The number of nitrogens with zero attached hydrogens (tertiary/aromatic N) is 1. The molecule has 0 aromatic heterocycles. The van der Waals surface area contributed by atoms with E-state index in [-0.39, 0.29) is 30.4 Å². The van der Waals surface area contributed by atoms with Gasteiger partial charge in [-0.25, -0.2) is 0 Å². The minimum Gasteiger partial charge on any atom is -0.481 e. The van der Waals surface area contributed by atoms with Gasteiger partial charge in [-0.1, -0.05) is 24.6 Å². The largest absolute Gasteiger partial charge is 0.481 e. The van der Waals surface area contributed by atoms with Crippen molar-refractivity contribution >= 4 is 17.7 Å². The summed E-state index contributed by atoms with van der Waals surface area (Å²) in [7, 11) is 0. The standard InChI is InChI=1S/C33H36F5NO5/c1-30-17-25(18-2-4-19(5-3-18)28(41)39-14-11-20(12-15-39)29(42)43)27-23-9-7-22(40)16-21(23)6-8-24(27)26(30)10-13-31(30,44)32(34,35)33(36,37)38/h2-5,16,20,24-26,44H,6-15,17H2,1H3,(H,42,43)/t24-,25+,26-,30?,31-/m0/s1. The number of carbonyl (C=O) groups excluding carboxylic acids is 2. The number of hydrogen-bond donors (Lipinski definition) is 2. The molecular formula is C33H36F5NO5. The molecule has 5 aliphatic rings. The predicted molar refractivity (Wildman–Crippen MR) is 149 cm³/mol. The Kier molecular flexibility index (Phi) is 7.37. The summed E-state index contributed by atoms with van der Waals surface area (Å²) in [6, 6.07) is 6.64. The number of amides is 1. The van der Waals surface area contributed by atoms with Crippen molar-refractivity contribution < 1.29 is 46.5 Å². The SMILES string of the molecule is CC12C[C@H](c3ccc(C(=O)N4CCC(C(=O)O)CC4)cc3)C3=C4CCC(=O)C=C4CC[C@H]3[C@@H]1CC[C@@]2(O)C(F)(F)C(F)(F)F. The zero-order valence-electron chi connectivity index (χ0n) is 24.4. The molecule has 1 aromatic rings. The molecule has 0 bridgehead atoms. The smallest absolute Gasteiger partial charge is 0.456 e. The number of aliphatic hydroxyl groups is 1. The highest BCUT2D eigenvalue weighted by molar-refractivity contribution is 5.94. The van der Waals surface area contributed by atoms with Crippen LogP contribution in [-0.2, 0) is 9.59 Å². The maximum atomic E-state index is 15.2. The molecule has 1 amide bonds. The minimum atomic E-state index is -5.92. The molecule has 6 rings (SSSR count). The van der Waals surface area contributed by atoms with Gasteiger partial charge in [-0.15, -0.1) is 0 Å². The molecule has 0 spiro atoms. The highest BCUT2D eigenvalue weighted by Crippen LogP contribution is 2.70. The number of carbonyl (C=O) groups is 3. The number of hydrogen-bond acceptors (Lipinski definition) is 4. The van der Waals surface area contributed by atoms with Crippen LogP contribution in [-0.4, -0.2) is 63.6 Å². The third kappa shape index (κ3) is 4.55. The molecular weight excluding hydrogens is 585 g/mol. The molecule has 11 heteroatoms. The number of allylic oxidation sites excluding steroid dienone is 4. The van der Waals surface area contributed by atoms with Crippen molar-refractivity contribution in [3.05, 3.63) is 58.2 Å². The van der Waals surface area contributed by atoms with E-state index in [4.69, 9.17) is 0 Å².